The van der Waals surface area contributed by atoms with Gasteiger partial charge in [-0.05, 0) is 68.8 Å². The van der Waals surface area contributed by atoms with Gasteiger partial charge in [0.15, 0.2) is 0 Å². The molecule has 0 heterocycles. The van der Waals surface area contributed by atoms with Gasteiger partial charge in [-0.15, -0.1) is 0 Å². The lowest BCUT2D eigenvalue weighted by Gasteiger charge is -2.38. The third-order valence-electron chi connectivity index (χ3n) is 6.01. The van der Waals surface area contributed by atoms with Crippen molar-refractivity contribution in [1.29, 1.82) is 0 Å². The van der Waals surface area contributed by atoms with Crippen molar-refractivity contribution in [1.82, 2.24) is 0 Å². The fourth-order valence-corrected chi connectivity index (χ4v) is 4.58. The topological polar surface area (TPSA) is 9.23 Å². The van der Waals surface area contributed by atoms with Crippen LogP contribution in [0.4, 0.5) is 0 Å². The van der Waals surface area contributed by atoms with Gasteiger partial charge >= 0.3 is 0 Å². The number of rotatable bonds is 8. The van der Waals surface area contributed by atoms with Gasteiger partial charge in [0.25, 0.3) is 0 Å². The van der Waals surface area contributed by atoms with E-state index in [1.54, 1.807) is 0 Å². The average molecular weight is 307 g/mol. The summed E-state index contributed by atoms with van der Waals surface area (Å²) in [6.07, 6.45) is 22.8. The third kappa shape index (κ3) is 5.97. The molecular weight excluding hydrogens is 268 g/mol. The first kappa shape index (κ1) is 17.9. The van der Waals surface area contributed by atoms with Crippen LogP contribution >= 0.6 is 0 Å². The van der Waals surface area contributed by atoms with E-state index < -0.39 is 0 Å². The van der Waals surface area contributed by atoms with Gasteiger partial charge in [-0.1, -0.05) is 52.4 Å². The molecule has 0 aromatic rings. The molecule has 0 radical (unpaired) electrons. The molecule has 2 atom stereocenters. The van der Waals surface area contributed by atoms with E-state index in [1.807, 2.05) is 6.26 Å². The summed E-state index contributed by atoms with van der Waals surface area (Å²) in [4.78, 5) is 0. The van der Waals surface area contributed by atoms with Crippen LogP contribution in [0.25, 0.3) is 0 Å². The largest absolute Gasteiger partial charge is 0.498 e. The minimum absolute atomic E-state index is 0.504. The number of hydrogen-bond acceptors (Lipinski definition) is 1. The maximum atomic E-state index is 6.00. The molecule has 0 aromatic heterocycles. The quantitative estimate of drug-likeness (QED) is 0.444. The Morgan fingerprint density at radius 2 is 1.73 bits per heavy atom. The van der Waals surface area contributed by atoms with Crippen LogP contribution in [0.15, 0.2) is 12.3 Å². The normalized spacial score (nSPS) is 33.2. The lowest BCUT2D eigenvalue weighted by Crippen LogP contribution is -2.29. The zero-order valence-corrected chi connectivity index (χ0v) is 15.1. The van der Waals surface area contributed by atoms with Crippen molar-refractivity contribution in [2.75, 3.05) is 0 Å². The van der Waals surface area contributed by atoms with Gasteiger partial charge in [-0.25, -0.2) is 0 Å². The van der Waals surface area contributed by atoms with E-state index in [1.165, 1.54) is 77.0 Å². The molecule has 0 saturated heterocycles. The molecule has 0 aliphatic heterocycles. The Hall–Kier alpha value is -0.460. The molecule has 2 fully saturated rings. The molecule has 0 N–H and O–H groups in total. The monoisotopic (exact) mass is 306 g/mol. The highest BCUT2D eigenvalue weighted by atomic mass is 16.5. The Morgan fingerprint density at radius 3 is 2.45 bits per heavy atom. The summed E-state index contributed by atoms with van der Waals surface area (Å²) in [6, 6.07) is 0. The second kappa shape index (κ2) is 10.3. The molecule has 0 aromatic carbocycles. The fourth-order valence-electron chi connectivity index (χ4n) is 4.58. The van der Waals surface area contributed by atoms with E-state index in [2.05, 4.69) is 19.9 Å². The number of allylic oxidation sites excluding steroid dienone is 1. The maximum absolute atomic E-state index is 6.00. The van der Waals surface area contributed by atoms with Crippen molar-refractivity contribution < 1.29 is 4.74 Å². The first-order valence-corrected chi connectivity index (χ1v) is 10.1. The van der Waals surface area contributed by atoms with Crippen molar-refractivity contribution in [3.05, 3.63) is 12.3 Å². The Balaban J connectivity index is 1.69. The lowest BCUT2D eigenvalue weighted by atomic mass is 9.70. The summed E-state index contributed by atoms with van der Waals surface area (Å²) < 4.78 is 6.00. The van der Waals surface area contributed by atoms with Crippen LogP contribution in [0.1, 0.15) is 97.3 Å². The molecule has 0 unspecified atom stereocenters. The molecule has 128 valence electrons. The zero-order valence-electron chi connectivity index (χ0n) is 15.1. The van der Waals surface area contributed by atoms with E-state index in [4.69, 9.17) is 4.74 Å². The van der Waals surface area contributed by atoms with Crippen molar-refractivity contribution >= 4 is 0 Å². The summed E-state index contributed by atoms with van der Waals surface area (Å²) in [5.41, 5.74) is 0. The number of unbranched alkanes of at least 4 members (excludes halogenated alkanes) is 2. The van der Waals surface area contributed by atoms with Gasteiger partial charge in [0.2, 0.25) is 0 Å². The van der Waals surface area contributed by atoms with Gasteiger partial charge < -0.3 is 4.74 Å². The van der Waals surface area contributed by atoms with Gasteiger partial charge in [0, 0.05) is 0 Å². The Kier molecular flexibility index (Phi) is 8.41. The molecule has 2 aliphatic rings. The van der Waals surface area contributed by atoms with Crippen LogP contribution in [-0.2, 0) is 4.74 Å². The molecule has 1 heteroatoms. The molecule has 2 rings (SSSR count). The van der Waals surface area contributed by atoms with Gasteiger partial charge in [0.05, 0.1) is 12.4 Å². The summed E-state index contributed by atoms with van der Waals surface area (Å²) >= 11 is 0. The van der Waals surface area contributed by atoms with E-state index in [9.17, 15) is 0 Å². The van der Waals surface area contributed by atoms with Crippen LogP contribution in [0.2, 0.25) is 0 Å². The van der Waals surface area contributed by atoms with Crippen LogP contribution in [-0.4, -0.2) is 6.10 Å². The first-order chi connectivity index (χ1) is 10.8. The number of hydrogen-bond donors (Lipinski definition) is 0. The molecule has 1 nitrogen and oxygen atoms in total. The highest BCUT2D eigenvalue weighted by molar-refractivity contribution is 4.84. The highest BCUT2D eigenvalue weighted by Gasteiger charge is 2.31. The van der Waals surface area contributed by atoms with E-state index in [-0.39, 0.29) is 0 Å². The standard InChI is InChI=1S/C21H38O/c1-3-5-7-16-22-21-11-8-10-20(17-21)19-14-12-18(13-15-19)9-6-4-2/h7,16,18-21H,3-6,8-15,17H2,1-2H3/b16-7+/t18?,19?,20-,21-/m1/s1. The van der Waals surface area contributed by atoms with E-state index in [0.29, 0.717) is 6.10 Å². The van der Waals surface area contributed by atoms with Gasteiger partial charge in [0.1, 0.15) is 0 Å². The van der Waals surface area contributed by atoms with Crippen molar-refractivity contribution in [3.8, 4) is 0 Å². The predicted molar refractivity (Wildman–Crippen MR) is 95.9 cm³/mol. The lowest BCUT2D eigenvalue weighted by molar-refractivity contribution is 0.0510. The summed E-state index contributed by atoms with van der Waals surface area (Å²) in [7, 11) is 0. The van der Waals surface area contributed by atoms with Crippen LogP contribution < -0.4 is 0 Å². The molecule has 2 saturated carbocycles. The van der Waals surface area contributed by atoms with E-state index in [0.717, 1.165) is 24.2 Å². The van der Waals surface area contributed by atoms with Gasteiger partial charge in [-0.3, -0.25) is 0 Å². The van der Waals surface area contributed by atoms with Crippen LogP contribution in [0.5, 0.6) is 0 Å². The minimum atomic E-state index is 0.504. The molecule has 22 heavy (non-hydrogen) atoms. The zero-order chi connectivity index (χ0) is 15.6. The number of ether oxygens (including phenoxy) is 1. The molecule has 2 aliphatic carbocycles. The van der Waals surface area contributed by atoms with E-state index >= 15 is 0 Å². The second-order valence-corrected chi connectivity index (χ2v) is 7.77. The highest BCUT2D eigenvalue weighted by Crippen LogP contribution is 2.41. The Labute approximate surface area is 138 Å². The van der Waals surface area contributed by atoms with Crippen LogP contribution in [0.3, 0.4) is 0 Å². The summed E-state index contributed by atoms with van der Waals surface area (Å²) in [5.74, 6) is 3.00. The van der Waals surface area contributed by atoms with Gasteiger partial charge in [-0.2, -0.15) is 0 Å². The predicted octanol–water partition coefficient (Wildman–Crippen LogP) is 6.87. The smallest absolute Gasteiger partial charge is 0.0981 e. The summed E-state index contributed by atoms with van der Waals surface area (Å²) in [6.45, 7) is 4.54. The molecule has 0 bridgehead atoms. The van der Waals surface area contributed by atoms with Crippen LogP contribution in [0, 0.1) is 17.8 Å². The molecular formula is C21H38O. The fraction of sp³-hybridized carbons (Fsp3) is 0.905. The third-order valence-corrected chi connectivity index (χ3v) is 6.01. The van der Waals surface area contributed by atoms with Crippen molar-refractivity contribution in [2.45, 2.75) is 103 Å². The van der Waals surface area contributed by atoms with Crippen molar-refractivity contribution in [3.63, 3.8) is 0 Å². The second-order valence-electron chi connectivity index (χ2n) is 7.77. The SMILES string of the molecule is CCC/C=C/O[C@@H]1CCC[C@@H](C2CCC(CCCC)CC2)C1. The Morgan fingerprint density at radius 1 is 0.909 bits per heavy atom. The minimum Gasteiger partial charge on any atom is -0.498 e. The molecule has 0 amide bonds. The molecule has 0 spiro atoms. The van der Waals surface area contributed by atoms with Crippen molar-refractivity contribution in [2.24, 2.45) is 17.8 Å². The maximum Gasteiger partial charge on any atom is 0.0981 e. The average Bonchev–Trinajstić information content (AvgIpc) is 2.58. The first-order valence-electron chi connectivity index (χ1n) is 10.1. The Bertz CT molecular complexity index is 301. The summed E-state index contributed by atoms with van der Waals surface area (Å²) in [5, 5.41) is 0.